The fourth-order valence-electron chi connectivity index (χ4n) is 1.41. The first-order valence-electron chi connectivity index (χ1n) is 5.31. The highest BCUT2D eigenvalue weighted by atomic mass is 16.5. The van der Waals surface area contributed by atoms with E-state index in [-0.39, 0.29) is 0 Å². The zero-order valence-electron chi connectivity index (χ0n) is 10.5. The number of methoxy groups -OCH3 is 2. The summed E-state index contributed by atoms with van der Waals surface area (Å²) < 4.78 is 9.58. The van der Waals surface area contributed by atoms with Crippen molar-refractivity contribution in [3.63, 3.8) is 0 Å². The number of nitrogens with two attached hydrogens (primary N) is 1. The average Bonchev–Trinajstić information content (AvgIpc) is 2.37. The summed E-state index contributed by atoms with van der Waals surface area (Å²) in [7, 11) is 2.70. The molecule has 0 aromatic heterocycles. The summed E-state index contributed by atoms with van der Waals surface area (Å²) in [5.41, 5.74) is 6.39. The van der Waals surface area contributed by atoms with Crippen molar-refractivity contribution in [3.8, 4) is 5.75 Å². The molecule has 1 atom stereocenters. The summed E-state index contributed by atoms with van der Waals surface area (Å²) in [5.74, 6) is -0.591. The SMILES string of the molecule is COC(=O)[C@H](C)NC(=O)c1ccc(N)cc1OC. The first kappa shape index (κ1) is 13.8. The van der Waals surface area contributed by atoms with E-state index in [1.54, 1.807) is 6.07 Å². The molecule has 0 heterocycles. The van der Waals surface area contributed by atoms with Gasteiger partial charge in [-0.05, 0) is 19.1 Å². The van der Waals surface area contributed by atoms with Crippen molar-refractivity contribution in [2.75, 3.05) is 20.0 Å². The van der Waals surface area contributed by atoms with E-state index in [9.17, 15) is 9.59 Å². The van der Waals surface area contributed by atoms with Crippen LogP contribution < -0.4 is 15.8 Å². The van der Waals surface area contributed by atoms with E-state index < -0.39 is 17.9 Å². The highest BCUT2D eigenvalue weighted by molar-refractivity contribution is 5.99. The Morgan fingerprint density at radius 1 is 1.33 bits per heavy atom. The smallest absolute Gasteiger partial charge is 0.328 e. The molecule has 0 saturated heterocycles. The molecule has 1 aromatic rings. The molecule has 0 aliphatic rings. The van der Waals surface area contributed by atoms with E-state index in [4.69, 9.17) is 10.5 Å². The first-order valence-corrected chi connectivity index (χ1v) is 5.31. The van der Waals surface area contributed by atoms with Crippen LogP contribution in [0.25, 0.3) is 0 Å². The highest BCUT2D eigenvalue weighted by Crippen LogP contribution is 2.21. The fourth-order valence-corrected chi connectivity index (χ4v) is 1.41. The maximum atomic E-state index is 11.9. The second-order valence-electron chi connectivity index (χ2n) is 3.68. The summed E-state index contributed by atoms with van der Waals surface area (Å²) in [6.45, 7) is 1.54. The lowest BCUT2D eigenvalue weighted by molar-refractivity contribution is -0.142. The second-order valence-corrected chi connectivity index (χ2v) is 3.68. The van der Waals surface area contributed by atoms with Gasteiger partial charge in [-0.25, -0.2) is 4.79 Å². The maximum absolute atomic E-state index is 11.9. The third-order valence-electron chi connectivity index (χ3n) is 2.37. The number of rotatable bonds is 4. The number of nitrogen functional groups attached to an aromatic ring is 1. The number of hydrogen-bond acceptors (Lipinski definition) is 5. The molecule has 18 heavy (non-hydrogen) atoms. The molecule has 6 nitrogen and oxygen atoms in total. The Balaban J connectivity index is 2.87. The van der Waals surface area contributed by atoms with E-state index in [2.05, 4.69) is 10.1 Å². The van der Waals surface area contributed by atoms with Gasteiger partial charge >= 0.3 is 5.97 Å². The molecular weight excluding hydrogens is 236 g/mol. The van der Waals surface area contributed by atoms with Gasteiger partial charge in [0.05, 0.1) is 19.8 Å². The first-order chi connectivity index (χ1) is 8.49. The molecule has 1 rings (SSSR count). The van der Waals surface area contributed by atoms with Crippen molar-refractivity contribution in [1.82, 2.24) is 5.32 Å². The van der Waals surface area contributed by atoms with Crippen LogP contribution in [0.4, 0.5) is 5.69 Å². The predicted molar refractivity (Wildman–Crippen MR) is 66.4 cm³/mol. The molecule has 0 radical (unpaired) electrons. The molecule has 1 aromatic carbocycles. The van der Waals surface area contributed by atoms with E-state index in [0.717, 1.165) is 0 Å². The van der Waals surface area contributed by atoms with E-state index in [0.29, 0.717) is 17.0 Å². The Morgan fingerprint density at radius 2 is 2.00 bits per heavy atom. The van der Waals surface area contributed by atoms with Crippen LogP contribution in [-0.2, 0) is 9.53 Å². The molecule has 0 unspecified atom stereocenters. The number of benzene rings is 1. The monoisotopic (exact) mass is 252 g/mol. The standard InChI is InChI=1S/C12H16N2O4/c1-7(12(16)18-3)14-11(15)9-5-4-8(13)6-10(9)17-2/h4-7H,13H2,1-3H3,(H,14,15)/t7-/m0/s1. The van der Waals surface area contributed by atoms with E-state index in [1.165, 1.54) is 33.3 Å². The Kier molecular flexibility index (Phi) is 4.53. The molecule has 3 N–H and O–H groups in total. The fraction of sp³-hybridized carbons (Fsp3) is 0.333. The summed E-state index contributed by atoms with van der Waals surface area (Å²) in [4.78, 5) is 23.1. The van der Waals surface area contributed by atoms with Gasteiger partial charge in [-0.2, -0.15) is 0 Å². The Labute approximate surface area is 105 Å². The molecule has 1 amide bonds. The molecular formula is C12H16N2O4. The average molecular weight is 252 g/mol. The zero-order valence-corrected chi connectivity index (χ0v) is 10.5. The summed E-state index contributed by atoms with van der Waals surface area (Å²) in [6.07, 6.45) is 0. The Bertz CT molecular complexity index is 459. The van der Waals surface area contributed by atoms with Crippen LogP contribution in [0.15, 0.2) is 18.2 Å². The van der Waals surface area contributed by atoms with Gasteiger partial charge < -0.3 is 20.5 Å². The van der Waals surface area contributed by atoms with Crippen molar-refractivity contribution in [2.45, 2.75) is 13.0 Å². The van der Waals surface area contributed by atoms with Gasteiger partial charge in [0.15, 0.2) is 0 Å². The van der Waals surface area contributed by atoms with Gasteiger partial charge in [0.2, 0.25) is 0 Å². The molecule has 98 valence electrons. The van der Waals surface area contributed by atoms with E-state index in [1.807, 2.05) is 0 Å². The van der Waals surface area contributed by atoms with Gasteiger partial charge in [-0.1, -0.05) is 0 Å². The van der Waals surface area contributed by atoms with Gasteiger partial charge in [-0.15, -0.1) is 0 Å². The molecule has 0 saturated carbocycles. The minimum Gasteiger partial charge on any atom is -0.496 e. The topological polar surface area (TPSA) is 90.7 Å². The van der Waals surface area contributed by atoms with Crippen LogP contribution in [0.2, 0.25) is 0 Å². The van der Waals surface area contributed by atoms with Gasteiger partial charge in [0.1, 0.15) is 11.8 Å². The van der Waals surface area contributed by atoms with Crippen LogP contribution in [0.5, 0.6) is 5.75 Å². The molecule has 0 aliphatic heterocycles. The minimum absolute atomic E-state index is 0.308. The molecule has 0 fully saturated rings. The zero-order chi connectivity index (χ0) is 13.7. The molecule has 0 spiro atoms. The number of carbonyl (C=O) groups is 2. The number of nitrogens with one attached hydrogen (secondary N) is 1. The van der Waals surface area contributed by atoms with E-state index >= 15 is 0 Å². The van der Waals surface area contributed by atoms with Crippen LogP contribution in [0.3, 0.4) is 0 Å². The normalized spacial score (nSPS) is 11.5. The third kappa shape index (κ3) is 3.13. The summed E-state index contributed by atoms with van der Waals surface area (Å²) in [6, 6.07) is 3.93. The molecule has 6 heteroatoms. The molecule has 0 aliphatic carbocycles. The highest BCUT2D eigenvalue weighted by Gasteiger charge is 2.19. The quantitative estimate of drug-likeness (QED) is 0.604. The van der Waals surface area contributed by atoms with Crippen molar-refractivity contribution < 1.29 is 19.1 Å². The number of amides is 1. The largest absolute Gasteiger partial charge is 0.496 e. The lowest BCUT2D eigenvalue weighted by atomic mass is 10.1. The maximum Gasteiger partial charge on any atom is 0.328 e. The summed E-state index contributed by atoms with van der Waals surface area (Å²) >= 11 is 0. The third-order valence-corrected chi connectivity index (χ3v) is 2.37. The van der Waals surface area contributed by atoms with Gasteiger partial charge in [-0.3, -0.25) is 4.79 Å². The lowest BCUT2D eigenvalue weighted by Gasteiger charge is -2.13. The van der Waals surface area contributed by atoms with Crippen LogP contribution in [-0.4, -0.2) is 32.1 Å². The van der Waals surface area contributed by atoms with Gasteiger partial charge in [0.25, 0.3) is 5.91 Å². The number of hydrogen-bond donors (Lipinski definition) is 2. The lowest BCUT2D eigenvalue weighted by Crippen LogP contribution is -2.39. The Hall–Kier alpha value is -2.24. The van der Waals surface area contributed by atoms with Crippen molar-refractivity contribution in [3.05, 3.63) is 23.8 Å². The van der Waals surface area contributed by atoms with Crippen LogP contribution in [0, 0.1) is 0 Å². The van der Waals surface area contributed by atoms with Crippen molar-refractivity contribution in [2.24, 2.45) is 0 Å². The number of anilines is 1. The van der Waals surface area contributed by atoms with Crippen molar-refractivity contribution >= 4 is 17.6 Å². The number of ether oxygens (including phenoxy) is 2. The van der Waals surface area contributed by atoms with Gasteiger partial charge in [0, 0.05) is 11.8 Å². The van der Waals surface area contributed by atoms with Crippen LogP contribution in [0.1, 0.15) is 17.3 Å². The van der Waals surface area contributed by atoms with Crippen molar-refractivity contribution in [1.29, 1.82) is 0 Å². The predicted octanol–water partition coefficient (Wildman–Crippen LogP) is 0.569. The number of carbonyl (C=O) groups excluding carboxylic acids is 2. The molecule has 0 bridgehead atoms. The Morgan fingerprint density at radius 3 is 2.56 bits per heavy atom. The van der Waals surface area contributed by atoms with Crippen LogP contribution >= 0.6 is 0 Å². The second kappa shape index (κ2) is 5.90. The number of esters is 1. The minimum atomic E-state index is -0.732. The summed E-state index contributed by atoms with van der Waals surface area (Å²) in [5, 5.41) is 2.51.